The van der Waals surface area contributed by atoms with Crippen LogP contribution in [0.4, 0.5) is 0 Å². The Kier molecular flexibility index (Phi) is 3.03. The first-order valence-electron chi connectivity index (χ1n) is 10.3. The molecule has 5 rings (SSSR count). The van der Waals surface area contributed by atoms with E-state index >= 15 is 0 Å². The Morgan fingerprint density at radius 2 is 1.96 bits per heavy atom. The quantitative estimate of drug-likeness (QED) is 0.577. The molecule has 3 saturated carbocycles. The van der Waals surface area contributed by atoms with Crippen LogP contribution in [0.2, 0.25) is 0 Å². The molecule has 4 fully saturated rings. The average molecular weight is 344 g/mol. The molecule has 1 N–H and O–H groups in total. The molecule has 0 amide bonds. The molecule has 0 aromatic rings. The van der Waals surface area contributed by atoms with E-state index in [0.29, 0.717) is 17.8 Å². The summed E-state index contributed by atoms with van der Waals surface area (Å²) in [6, 6.07) is 0. The highest BCUT2D eigenvalue weighted by atomic mass is 16.6. The summed E-state index contributed by atoms with van der Waals surface area (Å²) in [4.78, 5) is 12.6. The van der Waals surface area contributed by atoms with Crippen molar-refractivity contribution >= 4 is 5.78 Å². The molecule has 0 aromatic heterocycles. The third-order valence-electron chi connectivity index (χ3n) is 9.46. The zero-order valence-corrected chi connectivity index (χ0v) is 16.1. The summed E-state index contributed by atoms with van der Waals surface area (Å²) in [5.41, 5.74) is 1.05. The molecule has 25 heavy (non-hydrogen) atoms. The van der Waals surface area contributed by atoms with Crippen molar-refractivity contribution in [1.82, 2.24) is 0 Å². The van der Waals surface area contributed by atoms with E-state index in [9.17, 15) is 9.90 Å². The number of aliphatic hydroxyl groups is 1. The number of Topliss-reactive ketones (excluding diaryl/α,β-unsaturated/α-hetero) is 1. The Labute approximate surface area is 151 Å². The summed E-state index contributed by atoms with van der Waals surface area (Å²) < 4.78 is 6.19. The van der Waals surface area contributed by atoms with E-state index in [0.717, 1.165) is 38.5 Å². The molecule has 0 aromatic carbocycles. The van der Waals surface area contributed by atoms with Crippen molar-refractivity contribution < 1.29 is 14.6 Å². The smallest absolute Gasteiger partial charge is 0.165 e. The van der Waals surface area contributed by atoms with Crippen LogP contribution < -0.4 is 0 Å². The number of fused-ring (bicyclic) bond motifs is 7. The number of hydrogen-bond acceptors (Lipinski definition) is 3. The number of rotatable bonds is 1. The van der Waals surface area contributed by atoms with E-state index in [-0.39, 0.29) is 28.3 Å². The molecule has 4 aliphatic carbocycles. The summed E-state index contributed by atoms with van der Waals surface area (Å²) in [5, 5.41) is 10.1. The normalized spacial score (nSPS) is 59.2. The third kappa shape index (κ3) is 1.69. The summed E-state index contributed by atoms with van der Waals surface area (Å²) in [5.74, 6) is 2.23. The standard InChI is InChI=1S/C22H32O3/c1-13(23)22-20(3)10-8-17-16(18(20)12-21(22,4)25-22)6-5-14-11-15(24)7-9-19(14,17)2/h5,15-18,24H,6-12H2,1-4H3/t15?,16-,17+,18-,19-,20-,21+,22-/m0/s1. The molecule has 0 spiro atoms. The maximum Gasteiger partial charge on any atom is 0.165 e. The largest absolute Gasteiger partial charge is 0.393 e. The lowest BCUT2D eigenvalue weighted by molar-refractivity contribution is -0.135. The number of carbonyl (C=O) groups excluding carboxylic acids is 1. The minimum absolute atomic E-state index is 0.00460. The van der Waals surface area contributed by atoms with Gasteiger partial charge in [-0.25, -0.2) is 0 Å². The van der Waals surface area contributed by atoms with E-state index in [2.05, 4.69) is 26.8 Å². The minimum Gasteiger partial charge on any atom is -0.393 e. The zero-order chi connectivity index (χ0) is 17.8. The van der Waals surface area contributed by atoms with Gasteiger partial charge in [0.25, 0.3) is 0 Å². The molecule has 8 atom stereocenters. The van der Waals surface area contributed by atoms with Crippen molar-refractivity contribution in [1.29, 1.82) is 0 Å². The van der Waals surface area contributed by atoms with Crippen LogP contribution in [0.3, 0.4) is 0 Å². The maximum atomic E-state index is 12.6. The van der Waals surface area contributed by atoms with Gasteiger partial charge in [0.05, 0.1) is 6.10 Å². The van der Waals surface area contributed by atoms with Crippen LogP contribution in [0.1, 0.15) is 72.6 Å². The summed E-state index contributed by atoms with van der Waals surface area (Å²) in [7, 11) is 0. The Morgan fingerprint density at radius 3 is 2.68 bits per heavy atom. The fraction of sp³-hybridized carbons (Fsp3) is 0.864. The van der Waals surface area contributed by atoms with Gasteiger partial charge in [-0.2, -0.15) is 0 Å². The monoisotopic (exact) mass is 344 g/mol. The van der Waals surface area contributed by atoms with Crippen molar-refractivity contribution in [2.24, 2.45) is 28.6 Å². The Morgan fingerprint density at radius 1 is 1.20 bits per heavy atom. The fourth-order valence-corrected chi connectivity index (χ4v) is 8.26. The first kappa shape index (κ1) is 16.5. The van der Waals surface area contributed by atoms with Gasteiger partial charge < -0.3 is 9.84 Å². The Bertz CT molecular complexity index is 683. The van der Waals surface area contributed by atoms with E-state index in [4.69, 9.17) is 4.74 Å². The van der Waals surface area contributed by atoms with Crippen LogP contribution in [-0.2, 0) is 9.53 Å². The van der Waals surface area contributed by atoms with E-state index in [1.54, 1.807) is 6.92 Å². The van der Waals surface area contributed by atoms with Gasteiger partial charge in [0, 0.05) is 5.41 Å². The lowest BCUT2D eigenvalue weighted by Gasteiger charge is -2.58. The van der Waals surface area contributed by atoms with Crippen LogP contribution in [0.5, 0.6) is 0 Å². The second-order valence-corrected chi connectivity index (χ2v) is 10.4. The molecular formula is C22H32O3. The van der Waals surface area contributed by atoms with Gasteiger partial charge in [0.1, 0.15) is 5.60 Å². The molecule has 1 saturated heterocycles. The molecule has 1 aliphatic heterocycles. The van der Waals surface area contributed by atoms with Crippen LogP contribution in [0, 0.1) is 28.6 Å². The zero-order valence-electron chi connectivity index (χ0n) is 16.1. The molecular weight excluding hydrogens is 312 g/mol. The van der Waals surface area contributed by atoms with E-state index in [1.807, 2.05) is 0 Å². The summed E-state index contributed by atoms with van der Waals surface area (Å²) >= 11 is 0. The van der Waals surface area contributed by atoms with Gasteiger partial charge >= 0.3 is 0 Å². The van der Waals surface area contributed by atoms with Crippen LogP contribution >= 0.6 is 0 Å². The number of carbonyl (C=O) groups is 1. The SMILES string of the molecule is CC(=O)[C@@]12O[C@]1(C)C[C@H]1[C@H]3CC=C4CC(O)CC[C@]4(C)[C@@H]3CC[C@@]12C. The molecule has 1 heterocycles. The van der Waals surface area contributed by atoms with Crippen molar-refractivity contribution in [3.63, 3.8) is 0 Å². The number of allylic oxidation sites excluding steroid dienone is 1. The number of hydrogen-bond donors (Lipinski definition) is 1. The van der Waals surface area contributed by atoms with Crippen molar-refractivity contribution in [2.45, 2.75) is 89.9 Å². The van der Waals surface area contributed by atoms with Gasteiger partial charge in [-0.15, -0.1) is 0 Å². The van der Waals surface area contributed by atoms with Gasteiger partial charge in [-0.3, -0.25) is 4.79 Å². The second kappa shape index (κ2) is 4.59. The molecule has 5 aliphatic rings. The van der Waals surface area contributed by atoms with E-state index in [1.165, 1.54) is 12.0 Å². The third-order valence-corrected chi connectivity index (χ3v) is 9.46. The van der Waals surface area contributed by atoms with Crippen LogP contribution in [0.25, 0.3) is 0 Å². The lowest BCUT2D eigenvalue weighted by Crippen LogP contribution is -2.54. The molecule has 3 nitrogen and oxygen atoms in total. The highest BCUT2D eigenvalue weighted by molar-refractivity contribution is 5.91. The van der Waals surface area contributed by atoms with Crippen molar-refractivity contribution in [3.8, 4) is 0 Å². The highest BCUT2D eigenvalue weighted by Gasteiger charge is 2.85. The van der Waals surface area contributed by atoms with Crippen molar-refractivity contribution in [3.05, 3.63) is 11.6 Å². The average Bonchev–Trinajstić information content (AvgIpc) is 3.13. The molecule has 3 heteroatoms. The first-order valence-corrected chi connectivity index (χ1v) is 10.3. The van der Waals surface area contributed by atoms with Gasteiger partial charge in [0.15, 0.2) is 11.4 Å². The van der Waals surface area contributed by atoms with Gasteiger partial charge in [0.2, 0.25) is 0 Å². The predicted molar refractivity (Wildman–Crippen MR) is 96.0 cm³/mol. The molecule has 1 unspecified atom stereocenters. The number of epoxide rings is 1. The lowest BCUT2D eigenvalue weighted by atomic mass is 9.47. The topological polar surface area (TPSA) is 49.8 Å². The van der Waals surface area contributed by atoms with E-state index < -0.39 is 5.60 Å². The predicted octanol–water partition coefficient (Wildman–Crippen LogP) is 4.04. The van der Waals surface area contributed by atoms with Crippen LogP contribution in [0.15, 0.2) is 11.6 Å². The van der Waals surface area contributed by atoms with Crippen molar-refractivity contribution in [2.75, 3.05) is 0 Å². The first-order chi connectivity index (χ1) is 11.7. The Hall–Kier alpha value is -0.670. The van der Waals surface area contributed by atoms with Crippen LogP contribution in [-0.4, -0.2) is 28.2 Å². The molecule has 0 bridgehead atoms. The molecule has 0 radical (unpaired) electrons. The Balaban J connectivity index is 1.53. The fourth-order valence-electron chi connectivity index (χ4n) is 8.26. The number of ether oxygens (including phenoxy) is 1. The maximum absolute atomic E-state index is 12.6. The van der Waals surface area contributed by atoms with Gasteiger partial charge in [-0.1, -0.05) is 25.5 Å². The number of ketones is 1. The highest BCUT2D eigenvalue weighted by Crippen LogP contribution is 2.77. The molecule has 138 valence electrons. The minimum atomic E-state index is -0.511. The number of aliphatic hydroxyl groups excluding tert-OH is 1. The summed E-state index contributed by atoms with van der Waals surface area (Å²) in [6.07, 6.45) is 9.75. The second-order valence-electron chi connectivity index (χ2n) is 10.4. The summed E-state index contributed by atoms with van der Waals surface area (Å²) in [6.45, 7) is 8.72. The van der Waals surface area contributed by atoms with Gasteiger partial charge in [-0.05, 0) is 82.0 Å².